The van der Waals surface area contributed by atoms with Crippen LogP contribution in [0.4, 0.5) is 17.1 Å². The lowest BCUT2D eigenvalue weighted by molar-refractivity contribution is 0.420. The fourth-order valence-electron chi connectivity index (χ4n) is 12.6. The van der Waals surface area contributed by atoms with Crippen LogP contribution >= 0.6 is 0 Å². The van der Waals surface area contributed by atoms with E-state index in [9.17, 15) is 0 Å². The van der Waals surface area contributed by atoms with Crippen molar-refractivity contribution in [2.24, 2.45) is 11.8 Å². The molecule has 5 aliphatic rings. The molecule has 6 aromatic rings. The van der Waals surface area contributed by atoms with Crippen LogP contribution in [0.3, 0.4) is 0 Å². The first-order valence-corrected chi connectivity index (χ1v) is 21.8. The van der Waals surface area contributed by atoms with E-state index in [-0.39, 0.29) is 10.8 Å². The number of nitrogens with zero attached hydrogens (tertiary/aromatic N) is 1. The van der Waals surface area contributed by atoms with Crippen molar-refractivity contribution in [3.63, 3.8) is 0 Å². The van der Waals surface area contributed by atoms with Gasteiger partial charge in [0, 0.05) is 27.9 Å². The molecular formula is C55H55N. The van der Waals surface area contributed by atoms with Crippen LogP contribution in [0.1, 0.15) is 131 Å². The first-order chi connectivity index (χ1) is 27.3. The van der Waals surface area contributed by atoms with Crippen molar-refractivity contribution in [3.05, 3.63) is 161 Å². The Balaban J connectivity index is 1.01. The van der Waals surface area contributed by atoms with Crippen molar-refractivity contribution in [3.8, 4) is 33.4 Å². The summed E-state index contributed by atoms with van der Waals surface area (Å²) in [6.07, 6.45) is 12.5. The molecule has 0 N–H and O–H groups in total. The SMILES string of the molecule is CC1(C)c2ccccc2-c2cccc(-c3cccc4c3C(C)(C)c3cc(N(c5ccc(C6CCCCC6)cc5)c5ccc(C6CC7CCC6C7)cc5)ccc3-4)c21. The number of hydrogen-bond acceptors (Lipinski definition) is 1. The van der Waals surface area contributed by atoms with Gasteiger partial charge in [0.25, 0.3) is 0 Å². The highest BCUT2D eigenvalue weighted by Gasteiger charge is 2.42. The van der Waals surface area contributed by atoms with Crippen molar-refractivity contribution in [2.45, 2.75) is 108 Å². The van der Waals surface area contributed by atoms with Crippen molar-refractivity contribution < 1.29 is 0 Å². The standard InChI is InChI=1S/C55H55N/c1-54(2)50-19-9-8-14-43(50)45-15-10-17-47(52(45)54)48-18-11-16-46-44-31-30-42(34-51(44)55(3,4)53(46)48)56(40-26-22-37(23-27-40)36-12-6-5-7-13-36)41-28-24-38(25-29-41)49-33-35-20-21-39(49)32-35/h8-11,14-19,22-31,34-36,39,49H,5-7,12-13,20-21,32-33H2,1-4H3. The number of hydrogen-bond donors (Lipinski definition) is 0. The van der Waals surface area contributed by atoms with Crippen LogP contribution < -0.4 is 4.90 Å². The molecule has 0 heterocycles. The molecule has 0 saturated heterocycles. The van der Waals surface area contributed by atoms with E-state index in [1.165, 1.54) is 136 Å². The summed E-state index contributed by atoms with van der Waals surface area (Å²) in [6.45, 7) is 9.75. The summed E-state index contributed by atoms with van der Waals surface area (Å²) in [7, 11) is 0. The monoisotopic (exact) mass is 729 g/mol. The van der Waals surface area contributed by atoms with Gasteiger partial charge in [-0.05, 0) is 159 Å². The Hall–Kier alpha value is -4.88. The summed E-state index contributed by atoms with van der Waals surface area (Å²) in [5.41, 5.74) is 20.5. The van der Waals surface area contributed by atoms with Crippen LogP contribution in [0.15, 0.2) is 127 Å². The zero-order chi connectivity index (χ0) is 37.8. The van der Waals surface area contributed by atoms with Gasteiger partial charge in [-0.3, -0.25) is 0 Å². The Morgan fingerprint density at radius 3 is 1.59 bits per heavy atom. The maximum absolute atomic E-state index is 2.53. The quantitative estimate of drug-likeness (QED) is 0.165. The van der Waals surface area contributed by atoms with E-state index in [1.807, 2.05) is 0 Å². The first kappa shape index (κ1) is 34.4. The van der Waals surface area contributed by atoms with E-state index in [2.05, 4.69) is 160 Å². The second-order valence-corrected chi connectivity index (χ2v) is 19.1. The molecule has 0 spiro atoms. The lowest BCUT2D eigenvalue weighted by atomic mass is 9.74. The minimum absolute atomic E-state index is 0.0754. The Bertz CT molecular complexity index is 2470. The minimum Gasteiger partial charge on any atom is -0.310 e. The molecule has 3 saturated carbocycles. The molecule has 11 rings (SSSR count). The molecule has 1 heteroatoms. The molecule has 6 aromatic carbocycles. The number of rotatable bonds is 6. The number of benzene rings is 6. The molecule has 1 nitrogen and oxygen atoms in total. The predicted octanol–water partition coefficient (Wildman–Crippen LogP) is 15.4. The summed E-state index contributed by atoms with van der Waals surface area (Å²) >= 11 is 0. The molecule has 3 unspecified atom stereocenters. The highest BCUT2D eigenvalue weighted by molar-refractivity contribution is 5.94. The minimum atomic E-state index is -0.183. The Morgan fingerprint density at radius 2 is 0.982 bits per heavy atom. The number of anilines is 3. The molecular weight excluding hydrogens is 675 g/mol. The topological polar surface area (TPSA) is 3.24 Å². The van der Waals surface area contributed by atoms with Crippen LogP contribution in [0.5, 0.6) is 0 Å². The van der Waals surface area contributed by atoms with Gasteiger partial charge in [0.05, 0.1) is 0 Å². The zero-order valence-corrected chi connectivity index (χ0v) is 33.7. The van der Waals surface area contributed by atoms with Gasteiger partial charge in [0.1, 0.15) is 0 Å². The van der Waals surface area contributed by atoms with E-state index < -0.39 is 0 Å². The van der Waals surface area contributed by atoms with Crippen molar-refractivity contribution in [1.29, 1.82) is 0 Å². The maximum Gasteiger partial charge on any atom is 0.0465 e. The van der Waals surface area contributed by atoms with Gasteiger partial charge in [-0.15, -0.1) is 0 Å². The Morgan fingerprint density at radius 1 is 0.446 bits per heavy atom. The molecule has 0 aromatic heterocycles. The predicted molar refractivity (Wildman–Crippen MR) is 236 cm³/mol. The second-order valence-electron chi connectivity index (χ2n) is 19.1. The molecule has 0 radical (unpaired) electrons. The van der Waals surface area contributed by atoms with Gasteiger partial charge < -0.3 is 4.90 Å². The normalized spacial score (nSPS) is 22.4. The van der Waals surface area contributed by atoms with E-state index in [4.69, 9.17) is 0 Å². The number of fused-ring (bicyclic) bond motifs is 8. The third-order valence-electron chi connectivity index (χ3n) is 15.3. The van der Waals surface area contributed by atoms with E-state index in [0.29, 0.717) is 5.92 Å². The Labute approximate surface area is 334 Å². The second kappa shape index (κ2) is 12.8. The van der Waals surface area contributed by atoms with Crippen molar-refractivity contribution in [2.75, 3.05) is 4.90 Å². The van der Waals surface area contributed by atoms with Gasteiger partial charge in [-0.25, -0.2) is 0 Å². The van der Waals surface area contributed by atoms with E-state index >= 15 is 0 Å². The zero-order valence-electron chi connectivity index (χ0n) is 33.7. The lowest BCUT2D eigenvalue weighted by Crippen LogP contribution is -2.19. The molecule has 0 aliphatic heterocycles. The summed E-state index contributed by atoms with van der Waals surface area (Å²) in [5, 5.41) is 0. The van der Waals surface area contributed by atoms with Gasteiger partial charge in [0.2, 0.25) is 0 Å². The molecule has 280 valence electrons. The van der Waals surface area contributed by atoms with Gasteiger partial charge in [-0.1, -0.05) is 144 Å². The fourth-order valence-corrected chi connectivity index (χ4v) is 12.6. The summed E-state index contributed by atoms with van der Waals surface area (Å²) in [4.78, 5) is 2.53. The van der Waals surface area contributed by atoms with E-state index in [0.717, 1.165) is 17.8 Å². The van der Waals surface area contributed by atoms with Crippen molar-refractivity contribution >= 4 is 17.1 Å². The third kappa shape index (κ3) is 5.18. The third-order valence-corrected chi connectivity index (χ3v) is 15.3. The summed E-state index contributed by atoms with van der Waals surface area (Å²) in [5.74, 6) is 3.28. The largest absolute Gasteiger partial charge is 0.310 e. The summed E-state index contributed by atoms with van der Waals surface area (Å²) < 4.78 is 0. The average molecular weight is 730 g/mol. The van der Waals surface area contributed by atoms with Crippen LogP contribution in [0.2, 0.25) is 0 Å². The maximum atomic E-state index is 2.53. The molecule has 2 bridgehead atoms. The molecule has 3 fully saturated rings. The van der Waals surface area contributed by atoms with Crippen LogP contribution in [-0.4, -0.2) is 0 Å². The highest BCUT2D eigenvalue weighted by atomic mass is 15.1. The smallest absolute Gasteiger partial charge is 0.0465 e. The first-order valence-electron chi connectivity index (χ1n) is 21.8. The van der Waals surface area contributed by atoms with Gasteiger partial charge >= 0.3 is 0 Å². The fraction of sp³-hybridized carbons (Fsp3) is 0.345. The summed E-state index contributed by atoms with van der Waals surface area (Å²) in [6, 6.07) is 49.8. The lowest BCUT2D eigenvalue weighted by Gasteiger charge is -2.30. The molecule has 0 amide bonds. The molecule has 3 atom stereocenters. The molecule has 56 heavy (non-hydrogen) atoms. The Kier molecular flexibility index (Phi) is 7.87. The average Bonchev–Trinajstić information content (AvgIpc) is 3.99. The van der Waals surface area contributed by atoms with Crippen LogP contribution in [0, 0.1) is 11.8 Å². The van der Waals surface area contributed by atoms with Crippen LogP contribution in [0.25, 0.3) is 33.4 Å². The van der Waals surface area contributed by atoms with Gasteiger partial charge in [0.15, 0.2) is 0 Å². The highest BCUT2D eigenvalue weighted by Crippen LogP contribution is 2.58. The molecule has 5 aliphatic carbocycles. The van der Waals surface area contributed by atoms with Crippen molar-refractivity contribution in [1.82, 2.24) is 0 Å². The van der Waals surface area contributed by atoms with Crippen LogP contribution in [-0.2, 0) is 10.8 Å². The van der Waals surface area contributed by atoms with Gasteiger partial charge in [-0.2, -0.15) is 0 Å². The van der Waals surface area contributed by atoms with E-state index in [1.54, 1.807) is 5.56 Å².